The molecule has 1 aromatic carbocycles. The standard InChI is InChI=1S/C10H14OS/c1-2-12-10(8-11)9-6-4-3-5-7-9/h3-7,10-11H,2,8H2,1H3. The van der Waals surface area contributed by atoms with Crippen molar-refractivity contribution in [1.82, 2.24) is 0 Å². The smallest absolute Gasteiger partial charge is 0.0591 e. The summed E-state index contributed by atoms with van der Waals surface area (Å²) in [5, 5.41) is 9.34. The molecule has 0 aliphatic heterocycles. The van der Waals surface area contributed by atoms with Crippen LogP contribution in [-0.2, 0) is 0 Å². The SMILES string of the molecule is CCSC(CO)c1ccccc1. The van der Waals surface area contributed by atoms with Gasteiger partial charge in [0.25, 0.3) is 0 Å². The summed E-state index contributed by atoms with van der Waals surface area (Å²) in [4.78, 5) is 0. The van der Waals surface area contributed by atoms with Crippen LogP contribution in [-0.4, -0.2) is 17.5 Å². The Morgan fingerprint density at radius 2 is 2.00 bits per heavy atom. The van der Waals surface area contributed by atoms with Gasteiger partial charge >= 0.3 is 0 Å². The van der Waals surface area contributed by atoms with Crippen molar-refractivity contribution in [3.63, 3.8) is 0 Å². The molecule has 1 unspecified atom stereocenters. The molecule has 1 rings (SSSR count). The van der Waals surface area contributed by atoms with E-state index in [1.54, 1.807) is 11.8 Å². The molecule has 0 saturated carbocycles. The summed E-state index contributed by atoms with van der Waals surface area (Å²) in [6, 6.07) is 10.1. The highest BCUT2D eigenvalue weighted by Gasteiger charge is 2.07. The Balaban J connectivity index is 2.66. The van der Waals surface area contributed by atoms with Gasteiger partial charge in [-0.3, -0.25) is 0 Å². The first-order valence-electron chi connectivity index (χ1n) is 4.16. The van der Waals surface area contributed by atoms with Crippen LogP contribution < -0.4 is 0 Å². The molecule has 0 saturated heterocycles. The lowest BCUT2D eigenvalue weighted by molar-refractivity contribution is 0.296. The molecule has 1 nitrogen and oxygen atoms in total. The zero-order valence-electron chi connectivity index (χ0n) is 7.23. The molecular weight excluding hydrogens is 168 g/mol. The van der Waals surface area contributed by atoms with Crippen molar-refractivity contribution >= 4 is 11.8 Å². The third-order valence-corrected chi connectivity index (χ3v) is 2.86. The zero-order valence-corrected chi connectivity index (χ0v) is 8.05. The second-order valence-electron chi connectivity index (χ2n) is 2.54. The maximum Gasteiger partial charge on any atom is 0.0591 e. The van der Waals surface area contributed by atoms with Crippen molar-refractivity contribution < 1.29 is 5.11 Å². The lowest BCUT2D eigenvalue weighted by Gasteiger charge is -2.12. The van der Waals surface area contributed by atoms with Gasteiger partial charge in [-0.2, -0.15) is 11.8 Å². The molecule has 0 aliphatic carbocycles. The maximum absolute atomic E-state index is 9.09. The average molecular weight is 182 g/mol. The van der Waals surface area contributed by atoms with Gasteiger partial charge in [0.15, 0.2) is 0 Å². The van der Waals surface area contributed by atoms with E-state index in [9.17, 15) is 0 Å². The number of aliphatic hydroxyl groups excluding tert-OH is 1. The Kier molecular flexibility index (Phi) is 4.19. The van der Waals surface area contributed by atoms with Crippen LogP contribution >= 0.6 is 11.8 Å². The van der Waals surface area contributed by atoms with Crippen molar-refractivity contribution in [3.05, 3.63) is 35.9 Å². The van der Waals surface area contributed by atoms with Crippen LogP contribution in [0.25, 0.3) is 0 Å². The Morgan fingerprint density at radius 3 is 2.50 bits per heavy atom. The maximum atomic E-state index is 9.09. The number of aliphatic hydroxyl groups is 1. The number of thioether (sulfide) groups is 1. The van der Waals surface area contributed by atoms with Crippen molar-refractivity contribution in [3.8, 4) is 0 Å². The van der Waals surface area contributed by atoms with Gasteiger partial charge in [0, 0.05) is 0 Å². The van der Waals surface area contributed by atoms with E-state index in [-0.39, 0.29) is 11.9 Å². The molecule has 1 aromatic rings. The third-order valence-electron chi connectivity index (χ3n) is 1.71. The predicted octanol–water partition coefficient (Wildman–Crippen LogP) is 2.47. The summed E-state index contributed by atoms with van der Waals surface area (Å²) in [5.41, 5.74) is 1.21. The van der Waals surface area contributed by atoms with Gasteiger partial charge in [-0.25, -0.2) is 0 Å². The van der Waals surface area contributed by atoms with E-state index in [0.717, 1.165) is 5.75 Å². The molecule has 0 aliphatic rings. The molecule has 0 aromatic heterocycles. The summed E-state index contributed by atoms with van der Waals surface area (Å²) in [7, 11) is 0. The van der Waals surface area contributed by atoms with Crippen LogP contribution in [0, 0.1) is 0 Å². The Labute approximate surface area is 77.8 Å². The topological polar surface area (TPSA) is 20.2 Å². The summed E-state index contributed by atoms with van der Waals surface area (Å²) >= 11 is 1.78. The molecule has 0 radical (unpaired) electrons. The molecule has 2 heteroatoms. The third kappa shape index (κ3) is 2.54. The van der Waals surface area contributed by atoms with Gasteiger partial charge in [-0.15, -0.1) is 0 Å². The van der Waals surface area contributed by atoms with Gasteiger partial charge < -0.3 is 5.11 Å². The fourth-order valence-electron chi connectivity index (χ4n) is 1.12. The normalized spacial score (nSPS) is 12.8. The summed E-state index contributed by atoms with van der Waals surface area (Å²) in [6.07, 6.45) is 0. The van der Waals surface area contributed by atoms with E-state index in [2.05, 4.69) is 19.1 Å². The lowest BCUT2D eigenvalue weighted by Crippen LogP contribution is -1.99. The van der Waals surface area contributed by atoms with Crippen LogP contribution in [0.1, 0.15) is 17.7 Å². The quantitative estimate of drug-likeness (QED) is 0.772. The minimum absolute atomic E-state index is 0.225. The van der Waals surface area contributed by atoms with Gasteiger partial charge in [0.2, 0.25) is 0 Å². The van der Waals surface area contributed by atoms with Crippen molar-refractivity contribution in [2.75, 3.05) is 12.4 Å². The average Bonchev–Trinajstić information content (AvgIpc) is 2.15. The molecule has 0 fully saturated rings. The lowest BCUT2D eigenvalue weighted by atomic mass is 10.2. The molecule has 0 heterocycles. The molecule has 0 spiro atoms. The van der Waals surface area contributed by atoms with Crippen molar-refractivity contribution in [1.29, 1.82) is 0 Å². The largest absolute Gasteiger partial charge is 0.395 e. The highest BCUT2D eigenvalue weighted by atomic mass is 32.2. The van der Waals surface area contributed by atoms with Crippen LogP contribution in [0.5, 0.6) is 0 Å². The fourth-order valence-corrected chi connectivity index (χ4v) is 1.98. The molecular formula is C10H14OS. The second-order valence-corrected chi connectivity index (χ2v) is 4.02. The Morgan fingerprint density at radius 1 is 1.33 bits per heavy atom. The van der Waals surface area contributed by atoms with E-state index < -0.39 is 0 Å². The Bertz CT molecular complexity index is 210. The van der Waals surface area contributed by atoms with E-state index in [1.807, 2.05) is 18.2 Å². The van der Waals surface area contributed by atoms with Crippen LogP contribution in [0.3, 0.4) is 0 Å². The van der Waals surface area contributed by atoms with Crippen LogP contribution in [0.4, 0.5) is 0 Å². The number of hydrogen-bond acceptors (Lipinski definition) is 2. The first kappa shape index (κ1) is 9.62. The first-order chi connectivity index (χ1) is 5.88. The highest BCUT2D eigenvalue weighted by molar-refractivity contribution is 7.99. The fraction of sp³-hybridized carbons (Fsp3) is 0.400. The molecule has 1 N–H and O–H groups in total. The van der Waals surface area contributed by atoms with Gasteiger partial charge in [0.1, 0.15) is 0 Å². The second kappa shape index (κ2) is 5.22. The molecule has 12 heavy (non-hydrogen) atoms. The van der Waals surface area contributed by atoms with Gasteiger partial charge in [-0.1, -0.05) is 37.3 Å². The van der Waals surface area contributed by atoms with Crippen LogP contribution in [0.2, 0.25) is 0 Å². The molecule has 0 bridgehead atoms. The van der Waals surface area contributed by atoms with E-state index in [1.165, 1.54) is 5.56 Å². The van der Waals surface area contributed by atoms with Crippen molar-refractivity contribution in [2.24, 2.45) is 0 Å². The predicted molar refractivity (Wildman–Crippen MR) is 54.4 cm³/mol. The number of hydrogen-bond donors (Lipinski definition) is 1. The van der Waals surface area contributed by atoms with E-state index in [4.69, 9.17) is 5.11 Å². The summed E-state index contributed by atoms with van der Waals surface area (Å²) in [6.45, 7) is 2.33. The van der Waals surface area contributed by atoms with E-state index >= 15 is 0 Å². The zero-order chi connectivity index (χ0) is 8.81. The van der Waals surface area contributed by atoms with Crippen LogP contribution in [0.15, 0.2) is 30.3 Å². The monoisotopic (exact) mass is 182 g/mol. The summed E-state index contributed by atoms with van der Waals surface area (Å²) < 4.78 is 0. The summed E-state index contributed by atoms with van der Waals surface area (Å²) in [5.74, 6) is 1.04. The van der Waals surface area contributed by atoms with Gasteiger partial charge in [-0.05, 0) is 11.3 Å². The van der Waals surface area contributed by atoms with Crippen molar-refractivity contribution in [2.45, 2.75) is 12.2 Å². The molecule has 0 amide bonds. The first-order valence-corrected chi connectivity index (χ1v) is 5.20. The highest BCUT2D eigenvalue weighted by Crippen LogP contribution is 2.27. The minimum Gasteiger partial charge on any atom is -0.395 e. The minimum atomic E-state index is 0.225. The Hall–Kier alpha value is -0.470. The van der Waals surface area contributed by atoms with E-state index in [0.29, 0.717) is 0 Å². The number of rotatable bonds is 4. The molecule has 66 valence electrons. The number of benzene rings is 1. The molecule has 1 atom stereocenters. The van der Waals surface area contributed by atoms with Gasteiger partial charge in [0.05, 0.1) is 11.9 Å².